The van der Waals surface area contributed by atoms with Crippen molar-refractivity contribution >= 4 is 43.2 Å². The smallest absolute Gasteiger partial charge is 0.260 e. The summed E-state index contributed by atoms with van der Waals surface area (Å²) >= 11 is 1.15. The molecular formula is C23H22N4O4S2. The van der Waals surface area contributed by atoms with E-state index < -0.39 is 15.9 Å². The Morgan fingerprint density at radius 1 is 1.21 bits per heavy atom. The maximum atomic E-state index is 13.2. The number of nitrogens with zero attached hydrogens (tertiary/aromatic N) is 2. The summed E-state index contributed by atoms with van der Waals surface area (Å²) in [6, 6.07) is 12.2. The Bertz CT molecular complexity index is 1430. The van der Waals surface area contributed by atoms with Crippen molar-refractivity contribution in [2.75, 3.05) is 18.8 Å². The molecule has 1 fully saturated rings. The molecule has 3 aromatic heterocycles. The Labute approximate surface area is 194 Å². The highest BCUT2D eigenvalue weighted by atomic mass is 32.2. The fraction of sp³-hybridized carbons (Fsp3) is 0.217. The quantitative estimate of drug-likeness (QED) is 0.444. The number of furan rings is 1. The average molecular weight is 483 g/mol. The molecule has 5 rings (SSSR count). The number of anilines is 1. The van der Waals surface area contributed by atoms with Gasteiger partial charge in [-0.2, -0.15) is 4.31 Å². The second kappa shape index (κ2) is 8.29. The number of thiophene rings is 1. The number of hydrogen-bond donors (Lipinski definition) is 2. The number of nitrogens with two attached hydrogens (primary N) is 2. The van der Waals surface area contributed by atoms with Crippen LogP contribution in [0.15, 0.2) is 64.3 Å². The molecule has 8 nitrogen and oxygen atoms in total. The summed E-state index contributed by atoms with van der Waals surface area (Å²) in [5.74, 6) is -0.708. The number of primary amides is 1. The lowest BCUT2D eigenvalue weighted by molar-refractivity contribution is 0.100. The van der Waals surface area contributed by atoms with E-state index in [0.717, 1.165) is 41.0 Å². The minimum atomic E-state index is -3.60. The molecule has 1 unspecified atom stereocenters. The third-order valence-electron chi connectivity index (χ3n) is 5.96. The van der Waals surface area contributed by atoms with Gasteiger partial charge in [0.25, 0.3) is 5.91 Å². The fourth-order valence-corrected chi connectivity index (χ4v) is 6.85. The van der Waals surface area contributed by atoms with Crippen LogP contribution < -0.4 is 11.5 Å². The van der Waals surface area contributed by atoms with Gasteiger partial charge in [0.15, 0.2) is 0 Å². The third-order valence-corrected chi connectivity index (χ3v) is 8.95. The standard InChI is InChI=1S/C23H22N4O4S2/c24-20-19-17(15-8-10-31-13-15)11-18(26-23(19)32-21(20)22(25)28)14-5-4-9-27(12-14)33(29,30)16-6-2-1-3-7-16/h1-3,6-8,10-11,13-14H,4-5,9,12,24H2,(H2,25,28). The van der Waals surface area contributed by atoms with E-state index in [1.807, 2.05) is 12.1 Å². The monoisotopic (exact) mass is 482 g/mol. The number of rotatable bonds is 5. The number of nitrogen functional groups attached to an aromatic ring is 1. The van der Waals surface area contributed by atoms with E-state index in [-0.39, 0.29) is 15.7 Å². The van der Waals surface area contributed by atoms with Gasteiger partial charge in [-0.15, -0.1) is 11.3 Å². The Kier molecular flexibility index (Phi) is 5.43. The van der Waals surface area contributed by atoms with Crippen molar-refractivity contribution in [3.63, 3.8) is 0 Å². The molecule has 1 aliphatic heterocycles. The van der Waals surface area contributed by atoms with Gasteiger partial charge in [-0.3, -0.25) is 4.79 Å². The maximum absolute atomic E-state index is 13.2. The Hall–Kier alpha value is -3.21. The van der Waals surface area contributed by atoms with Crippen LogP contribution in [0.3, 0.4) is 0 Å². The highest BCUT2D eigenvalue weighted by Gasteiger charge is 2.32. The van der Waals surface area contributed by atoms with Gasteiger partial charge in [-0.1, -0.05) is 18.2 Å². The molecule has 4 N–H and O–H groups in total. The van der Waals surface area contributed by atoms with Crippen LogP contribution in [-0.4, -0.2) is 36.7 Å². The van der Waals surface area contributed by atoms with Gasteiger partial charge < -0.3 is 15.9 Å². The van der Waals surface area contributed by atoms with Crippen LogP contribution in [0.1, 0.15) is 34.1 Å². The molecule has 0 radical (unpaired) electrons. The summed E-state index contributed by atoms with van der Waals surface area (Å²) in [7, 11) is -3.60. The van der Waals surface area contributed by atoms with E-state index in [0.29, 0.717) is 29.0 Å². The zero-order valence-electron chi connectivity index (χ0n) is 17.6. The van der Waals surface area contributed by atoms with Crippen molar-refractivity contribution in [3.8, 4) is 11.1 Å². The number of fused-ring (bicyclic) bond motifs is 1. The predicted molar refractivity (Wildman–Crippen MR) is 127 cm³/mol. The van der Waals surface area contributed by atoms with E-state index >= 15 is 0 Å². The third kappa shape index (κ3) is 3.79. The first-order valence-corrected chi connectivity index (χ1v) is 12.7. The van der Waals surface area contributed by atoms with Crippen LogP contribution in [0.2, 0.25) is 0 Å². The van der Waals surface area contributed by atoms with Crippen molar-refractivity contribution in [2.45, 2.75) is 23.7 Å². The highest BCUT2D eigenvalue weighted by Crippen LogP contribution is 2.41. The molecule has 0 saturated carbocycles. The predicted octanol–water partition coefficient (Wildman–Crippen LogP) is 3.81. The Morgan fingerprint density at radius 2 is 2.00 bits per heavy atom. The second-order valence-electron chi connectivity index (χ2n) is 8.01. The van der Waals surface area contributed by atoms with Crippen LogP contribution in [0.5, 0.6) is 0 Å². The van der Waals surface area contributed by atoms with E-state index in [9.17, 15) is 13.2 Å². The van der Waals surface area contributed by atoms with Crippen molar-refractivity contribution in [1.82, 2.24) is 9.29 Å². The lowest BCUT2D eigenvalue weighted by atomic mass is 9.93. The van der Waals surface area contributed by atoms with Crippen LogP contribution in [0, 0.1) is 0 Å². The first kappa shape index (κ1) is 21.6. The molecule has 0 bridgehead atoms. The second-order valence-corrected chi connectivity index (χ2v) is 10.9. The summed E-state index contributed by atoms with van der Waals surface area (Å²) < 4.78 is 33.2. The summed E-state index contributed by atoms with van der Waals surface area (Å²) in [6.45, 7) is 0.784. The number of benzene rings is 1. The molecule has 1 amide bonds. The van der Waals surface area contributed by atoms with Gasteiger partial charge in [-0.05, 0) is 42.7 Å². The van der Waals surface area contributed by atoms with E-state index in [2.05, 4.69) is 0 Å². The van der Waals surface area contributed by atoms with Crippen molar-refractivity contribution < 1.29 is 17.6 Å². The molecule has 1 atom stereocenters. The number of aromatic nitrogens is 1. The number of amides is 1. The number of hydrogen-bond acceptors (Lipinski definition) is 7. The van der Waals surface area contributed by atoms with Gasteiger partial charge in [0, 0.05) is 35.7 Å². The van der Waals surface area contributed by atoms with E-state index in [1.54, 1.807) is 42.9 Å². The summed E-state index contributed by atoms with van der Waals surface area (Å²) in [4.78, 5) is 17.8. The largest absolute Gasteiger partial charge is 0.472 e. The highest BCUT2D eigenvalue weighted by molar-refractivity contribution is 7.89. The van der Waals surface area contributed by atoms with Gasteiger partial charge in [0.1, 0.15) is 9.71 Å². The number of sulfonamides is 1. The fourth-order valence-electron chi connectivity index (χ4n) is 4.32. The molecule has 1 aliphatic rings. The van der Waals surface area contributed by atoms with E-state index in [4.69, 9.17) is 20.9 Å². The molecular weight excluding hydrogens is 460 g/mol. The van der Waals surface area contributed by atoms with Crippen LogP contribution in [-0.2, 0) is 10.0 Å². The van der Waals surface area contributed by atoms with Crippen LogP contribution >= 0.6 is 11.3 Å². The van der Waals surface area contributed by atoms with Crippen molar-refractivity contribution in [3.05, 3.63) is 65.6 Å². The molecule has 1 aromatic carbocycles. The minimum Gasteiger partial charge on any atom is -0.472 e. The van der Waals surface area contributed by atoms with Gasteiger partial charge >= 0.3 is 0 Å². The molecule has 4 heterocycles. The minimum absolute atomic E-state index is 0.104. The Balaban J connectivity index is 1.58. The zero-order chi connectivity index (χ0) is 23.2. The number of piperidine rings is 1. The molecule has 0 spiro atoms. The number of pyridine rings is 1. The lowest BCUT2D eigenvalue weighted by Crippen LogP contribution is -2.39. The van der Waals surface area contributed by atoms with E-state index in [1.165, 1.54) is 4.31 Å². The van der Waals surface area contributed by atoms with Gasteiger partial charge in [-0.25, -0.2) is 13.4 Å². The SMILES string of the molecule is NC(=O)c1sc2nc(C3CCCN(S(=O)(=O)c4ccccc4)C3)cc(-c3ccoc3)c2c1N. The lowest BCUT2D eigenvalue weighted by Gasteiger charge is -2.32. The topological polar surface area (TPSA) is 133 Å². The van der Waals surface area contributed by atoms with Crippen LogP contribution in [0.4, 0.5) is 5.69 Å². The summed E-state index contributed by atoms with van der Waals surface area (Å²) in [5.41, 5.74) is 14.4. The molecule has 33 heavy (non-hydrogen) atoms. The number of carbonyl (C=O) groups excluding carboxylic acids is 1. The average Bonchev–Trinajstić information content (AvgIpc) is 3.48. The van der Waals surface area contributed by atoms with Gasteiger partial charge in [0.05, 0.1) is 23.1 Å². The van der Waals surface area contributed by atoms with Crippen molar-refractivity contribution in [2.24, 2.45) is 5.73 Å². The van der Waals surface area contributed by atoms with Crippen LogP contribution in [0.25, 0.3) is 21.3 Å². The summed E-state index contributed by atoms with van der Waals surface area (Å²) in [5, 5.41) is 0.656. The van der Waals surface area contributed by atoms with Crippen molar-refractivity contribution in [1.29, 1.82) is 0 Å². The molecule has 0 aliphatic carbocycles. The number of carbonyl (C=O) groups is 1. The zero-order valence-corrected chi connectivity index (χ0v) is 19.2. The maximum Gasteiger partial charge on any atom is 0.260 e. The molecule has 1 saturated heterocycles. The van der Waals surface area contributed by atoms with Gasteiger partial charge in [0.2, 0.25) is 10.0 Å². The molecule has 10 heteroatoms. The first-order valence-electron chi connectivity index (χ1n) is 10.5. The molecule has 4 aromatic rings. The Morgan fingerprint density at radius 3 is 2.70 bits per heavy atom. The summed E-state index contributed by atoms with van der Waals surface area (Å²) in [6.07, 6.45) is 4.69. The normalized spacial score (nSPS) is 17.4. The first-order chi connectivity index (χ1) is 15.9. The molecule has 170 valence electrons.